The second-order valence-electron chi connectivity index (χ2n) is 14.3. The lowest BCUT2D eigenvalue weighted by Gasteiger charge is -2.61. The molecule has 8 heteroatoms. The number of fused-ring (bicyclic) bond motifs is 5. The zero-order valence-corrected chi connectivity index (χ0v) is 25.3. The van der Waals surface area contributed by atoms with Crippen LogP contribution in [0.1, 0.15) is 91.4 Å². The number of likely N-dealkylation sites (N-methyl/N-ethyl adjacent to an activating group) is 1. The van der Waals surface area contributed by atoms with Crippen LogP contribution in [0.25, 0.3) is 0 Å². The highest BCUT2D eigenvalue weighted by molar-refractivity contribution is 7.85. The molecular weight excluding hydrogens is 500 g/mol. The van der Waals surface area contributed by atoms with Crippen LogP contribution in [0.3, 0.4) is 0 Å². The monoisotopic (exact) mass is 553 g/mol. The zero-order chi connectivity index (χ0) is 27.9. The number of nitrogens with zero attached hydrogens (tertiary/aromatic N) is 2. The summed E-state index contributed by atoms with van der Waals surface area (Å²) in [7, 11) is -0.507. The molecule has 4 saturated carbocycles. The number of aliphatic hydroxyl groups is 1. The molecular formula is C30H53N2O5S-. The molecule has 38 heavy (non-hydrogen) atoms. The van der Waals surface area contributed by atoms with Gasteiger partial charge in [-0.3, -0.25) is 4.79 Å². The minimum atomic E-state index is -4.35. The fraction of sp³-hybridized carbons (Fsp3) is 0.967. The average Bonchev–Trinajstić information content (AvgIpc) is 3.19. The van der Waals surface area contributed by atoms with Gasteiger partial charge < -0.3 is 19.5 Å². The van der Waals surface area contributed by atoms with Gasteiger partial charge >= 0.3 is 0 Å². The number of amides is 1. The van der Waals surface area contributed by atoms with E-state index in [2.05, 4.69) is 20.8 Å². The maximum absolute atomic E-state index is 13.1. The normalized spacial score (nSPS) is 39.8. The van der Waals surface area contributed by atoms with E-state index in [1.807, 2.05) is 19.0 Å². The molecule has 0 heterocycles. The molecule has 1 amide bonds. The first-order valence-corrected chi connectivity index (χ1v) is 16.9. The van der Waals surface area contributed by atoms with E-state index in [1.54, 1.807) is 4.90 Å². The number of hydrogen-bond acceptors (Lipinski definition) is 6. The van der Waals surface area contributed by atoms with Crippen molar-refractivity contribution in [3.8, 4) is 0 Å². The van der Waals surface area contributed by atoms with Crippen molar-refractivity contribution in [3.05, 3.63) is 0 Å². The van der Waals surface area contributed by atoms with Gasteiger partial charge in [-0.25, -0.2) is 8.42 Å². The van der Waals surface area contributed by atoms with E-state index in [-0.39, 0.29) is 18.6 Å². The second-order valence-corrected chi connectivity index (χ2v) is 15.8. The first kappa shape index (κ1) is 30.3. The van der Waals surface area contributed by atoms with Crippen LogP contribution < -0.4 is 0 Å². The van der Waals surface area contributed by atoms with Gasteiger partial charge in [0.05, 0.1) is 22.0 Å². The molecule has 0 aliphatic heterocycles. The Balaban J connectivity index is 1.37. The largest absolute Gasteiger partial charge is 0.748 e. The van der Waals surface area contributed by atoms with Crippen molar-refractivity contribution >= 4 is 16.0 Å². The third-order valence-electron chi connectivity index (χ3n) is 12.0. The lowest BCUT2D eigenvalue weighted by atomic mass is 9.44. The Morgan fingerprint density at radius 2 is 1.66 bits per heavy atom. The number of hydrogen-bond donors (Lipinski definition) is 1. The van der Waals surface area contributed by atoms with Gasteiger partial charge in [0.25, 0.3) is 0 Å². The van der Waals surface area contributed by atoms with Crippen molar-refractivity contribution in [2.45, 2.75) is 97.5 Å². The first-order valence-electron chi connectivity index (χ1n) is 15.3. The minimum Gasteiger partial charge on any atom is -0.748 e. The van der Waals surface area contributed by atoms with E-state index >= 15 is 0 Å². The Bertz CT molecular complexity index is 941. The molecule has 1 N–H and O–H groups in total. The highest BCUT2D eigenvalue weighted by atomic mass is 32.2. The van der Waals surface area contributed by atoms with Gasteiger partial charge in [0.2, 0.25) is 5.91 Å². The molecule has 4 fully saturated rings. The summed E-state index contributed by atoms with van der Waals surface area (Å²) in [6, 6.07) is 0. The summed E-state index contributed by atoms with van der Waals surface area (Å²) in [5, 5.41) is 10.3. The maximum atomic E-state index is 13.1. The molecule has 220 valence electrons. The van der Waals surface area contributed by atoms with Crippen LogP contribution >= 0.6 is 0 Å². The van der Waals surface area contributed by atoms with Crippen molar-refractivity contribution in [3.63, 3.8) is 0 Å². The van der Waals surface area contributed by atoms with Gasteiger partial charge in [0, 0.05) is 26.1 Å². The van der Waals surface area contributed by atoms with E-state index < -0.39 is 15.9 Å². The lowest BCUT2D eigenvalue weighted by molar-refractivity contribution is -0.133. The molecule has 0 spiro atoms. The Hall–Kier alpha value is -0.700. The van der Waals surface area contributed by atoms with Gasteiger partial charge in [0.15, 0.2) is 0 Å². The predicted molar refractivity (Wildman–Crippen MR) is 149 cm³/mol. The molecule has 0 unspecified atom stereocenters. The fourth-order valence-electron chi connectivity index (χ4n) is 9.83. The molecule has 0 saturated heterocycles. The summed E-state index contributed by atoms with van der Waals surface area (Å²) in [6.45, 7) is 8.48. The second kappa shape index (κ2) is 11.7. The van der Waals surface area contributed by atoms with Gasteiger partial charge in [-0.1, -0.05) is 20.8 Å². The van der Waals surface area contributed by atoms with Crippen LogP contribution in [0.15, 0.2) is 0 Å². The number of rotatable bonds is 10. The fourth-order valence-corrected chi connectivity index (χ4v) is 10.3. The highest BCUT2D eigenvalue weighted by Crippen LogP contribution is 2.68. The smallest absolute Gasteiger partial charge is 0.222 e. The molecule has 0 aromatic heterocycles. The van der Waals surface area contributed by atoms with Crippen molar-refractivity contribution in [2.75, 3.05) is 39.5 Å². The Morgan fingerprint density at radius 3 is 2.34 bits per heavy atom. The van der Waals surface area contributed by atoms with Crippen molar-refractivity contribution in [1.82, 2.24) is 9.80 Å². The van der Waals surface area contributed by atoms with E-state index in [1.165, 1.54) is 44.9 Å². The highest BCUT2D eigenvalue weighted by Gasteiger charge is 2.60. The molecule has 7 nitrogen and oxygen atoms in total. The molecule has 4 aliphatic rings. The lowest BCUT2D eigenvalue weighted by Crippen LogP contribution is -2.54. The average molecular weight is 554 g/mol. The summed E-state index contributed by atoms with van der Waals surface area (Å²) in [6.07, 6.45) is 12.0. The third-order valence-corrected chi connectivity index (χ3v) is 12.7. The predicted octanol–water partition coefficient (Wildman–Crippen LogP) is 4.36. The van der Waals surface area contributed by atoms with Gasteiger partial charge in [-0.2, -0.15) is 0 Å². The van der Waals surface area contributed by atoms with Crippen LogP contribution in [-0.4, -0.2) is 79.4 Å². The Labute approximate surface area is 231 Å². The number of carbonyl (C=O) groups excluding carboxylic acids is 1. The number of carbonyl (C=O) groups is 1. The molecule has 4 rings (SSSR count). The molecule has 0 bridgehead atoms. The van der Waals surface area contributed by atoms with E-state index in [9.17, 15) is 22.9 Å². The van der Waals surface area contributed by atoms with Gasteiger partial charge in [-0.05, 0) is 125 Å². The summed E-state index contributed by atoms with van der Waals surface area (Å²) in [5.41, 5.74) is 0.732. The van der Waals surface area contributed by atoms with Crippen LogP contribution in [0, 0.1) is 46.3 Å². The standard InChI is InChI=1S/C30H54N2O5S/c1-21(6-11-28(34)32(17-16-31(4)5)18-19-38(35,36)37)25-9-10-26-24-8-7-22-20-23(33)12-14-29(22,2)27(24)13-15-30(25,26)3/h21-27,33H,6-20H2,1-5H3,(H,35,36,37)/p-1/t21-,22-,23-,24+,25-,26+,27+,29+,30-/m1/s1. The third kappa shape index (κ3) is 6.28. The van der Waals surface area contributed by atoms with Crippen LogP contribution in [0.5, 0.6) is 0 Å². The van der Waals surface area contributed by atoms with E-state index in [0.29, 0.717) is 48.1 Å². The Kier molecular flexibility index (Phi) is 9.28. The topological polar surface area (TPSA) is 101 Å². The van der Waals surface area contributed by atoms with Crippen LogP contribution in [-0.2, 0) is 14.9 Å². The summed E-state index contributed by atoms with van der Waals surface area (Å²) >= 11 is 0. The quantitative estimate of drug-likeness (QED) is 0.404. The number of aliphatic hydroxyl groups excluding tert-OH is 1. The SMILES string of the molecule is C[C@H](CCC(=O)N(CCN(C)C)CCS(=O)(=O)[O-])[C@H]1CC[C@H]2[C@@H]3CC[C@@H]4C[C@H](O)CC[C@]4(C)[C@H]3CC[C@]12C. The molecule has 0 aromatic rings. The van der Waals surface area contributed by atoms with Crippen LogP contribution in [0.4, 0.5) is 0 Å². The molecule has 0 aromatic carbocycles. The van der Waals surface area contributed by atoms with E-state index in [4.69, 9.17) is 0 Å². The van der Waals surface area contributed by atoms with Crippen molar-refractivity contribution in [1.29, 1.82) is 0 Å². The summed E-state index contributed by atoms with van der Waals surface area (Å²) < 4.78 is 33.6. The maximum Gasteiger partial charge on any atom is 0.222 e. The van der Waals surface area contributed by atoms with Crippen molar-refractivity contribution < 1.29 is 22.9 Å². The Morgan fingerprint density at radius 1 is 0.974 bits per heavy atom. The minimum absolute atomic E-state index is 0.0179. The summed E-state index contributed by atoms with van der Waals surface area (Å²) in [4.78, 5) is 16.7. The molecule has 0 radical (unpaired) electrons. The van der Waals surface area contributed by atoms with Gasteiger partial charge in [-0.15, -0.1) is 0 Å². The summed E-state index contributed by atoms with van der Waals surface area (Å²) in [5.74, 6) is 3.57. The first-order chi connectivity index (χ1) is 17.7. The van der Waals surface area contributed by atoms with E-state index in [0.717, 1.165) is 37.0 Å². The van der Waals surface area contributed by atoms with Gasteiger partial charge in [0.1, 0.15) is 0 Å². The zero-order valence-electron chi connectivity index (χ0n) is 24.5. The van der Waals surface area contributed by atoms with Crippen LogP contribution in [0.2, 0.25) is 0 Å². The molecule has 9 atom stereocenters. The van der Waals surface area contributed by atoms with Crippen molar-refractivity contribution in [2.24, 2.45) is 46.3 Å². The molecule has 4 aliphatic carbocycles.